The van der Waals surface area contributed by atoms with Gasteiger partial charge < -0.3 is 14.9 Å². The van der Waals surface area contributed by atoms with Gasteiger partial charge in [-0.15, -0.1) is 0 Å². The van der Waals surface area contributed by atoms with Gasteiger partial charge in [-0.05, 0) is 19.1 Å². The lowest BCUT2D eigenvalue weighted by molar-refractivity contribution is 0.0694. The van der Waals surface area contributed by atoms with E-state index < -0.39 is 5.97 Å². The first-order valence-corrected chi connectivity index (χ1v) is 4.24. The predicted molar refractivity (Wildman–Crippen MR) is 50.5 cm³/mol. The number of para-hydroxylation sites is 1. The van der Waals surface area contributed by atoms with Crippen LogP contribution < -0.4 is 0 Å². The molecule has 0 spiro atoms. The number of carbonyl (C=O) groups is 1. The lowest BCUT2D eigenvalue weighted by atomic mass is 10.2. The van der Waals surface area contributed by atoms with E-state index in [1.165, 1.54) is 12.1 Å². The van der Waals surface area contributed by atoms with E-state index in [4.69, 9.17) is 14.9 Å². The zero-order valence-corrected chi connectivity index (χ0v) is 7.80. The Morgan fingerprint density at radius 2 is 2.00 bits per heavy atom. The maximum Gasteiger partial charge on any atom is 0.339 e. The summed E-state index contributed by atoms with van der Waals surface area (Å²) in [6.45, 7) is 3.04. The minimum absolute atomic E-state index is 0.0671. The zero-order valence-electron chi connectivity index (χ0n) is 7.80. The van der Waals surface area contributed by atoms with Gasteiger partial charge in [0.05, 0.1) is 12.7 Å². The van der Waals surface area contributed by atoms with Crippen LogP contribution >= 0.6 is 0 Å². The smallest absolute Gasteiger partial charge is 0.339 e. The van der Waals surface area contributed by atoms with E-state index in [-0.39, 0.29) is 11.3 Å². The van der Waals surface area contributed by atoms with Crippen molar-refractivity contribution in [1.29, 1.82) is 0 Å². The van der Waals surface area contributed by atoms with Crippen LogP contribution in [-0.4, -0.2) is 28.9 Å². The summed E-state index contributed by atoms with van der Waals surface area (Å²) in [5.41, 5.74) is -0.0671. The second kappa shape index (κ2) is 4.62. The van der Waals surface area contributed by atoms with E-state index in [1.807, 2.05) is 0 Å². The van der Waals surface area contributed by atoms with Crippen LogP contribution in [0.25, 0.3) is 0 Å². The number of carboxylic acid groups (broad SMARTS) is 1. The molecular formula is C10H12O4. The third-order valence-corrected chi connectivity index (χ3v) is 1.63. The molecule has 1 saturated heterocycles. The van der Waals surface area contributed by atoms with E-state index in [9.17, 15) is 4.79 Å². The Morgan fingerprint density at radius 3 is 2.29 bits per heavy atom. The molecular weight excluding hydrogens is 184 g/mol. The molecule has 1 aliphatic rings. The fraction of sp³-hybridized carbons (Fsp3) is 0.300. The molecule has 2 rings (SSSR count). The number of phenols is 1. The van der Waals surface area contributed by atoms with Crippen molar-refractivity contribution in [2.24, 2.45) is 0 Å². The second-order valence-electron chi connectivity index (χ2n) is 2.97. The molecule has 1 unspecified atom stereocenters. The van der Waals surface area contributed by atoms with Crippen molar-refractivity contribution in [3.05, 3.63) is 29.8 Å². The average molecular weight is 196 g/mol. The highest BCUT2D eigenvalue weighted by Crippen LogP contribution is 2.14. The first-order valence-electron chi connectivity index (χ1n) is 4.24. The summed E-state index contributed by atoms with van der Waals surface area (Å²) in [5.74, 6) is -1.31. The maximum absolute atomic E-state index is 10.3. The average Bonchev–Trinajstić information content (AvgIpc) is 2.89. The van der Waals surface area contributed by atoms with Gasteiger partial charge in [0, 0.05) is 0 Å². The lowest BCUT2D eigenvalue weighted by Gasteiger charge is -1.95. The van der Waals surface area contributed by atoms with E-state index in [1.54, 1.807) is 12.1 Å². The first-order chi connectivity index (χ1) is 6.61. The van der Waals surface area contributed by atoms with Gasteiger partial charge in [-0.2, -0.15) is 0 Å². The number of hydrogen-bond donors (Lipinski definition) is 2. The number of rotatable bonds is 1. The number of epoxide rings is 1. The Balaban J connectivity index is 0.000000203. The molecule has 4 heteroatoms. The molecule has 1 aliphatic heterocycles. The van der Waals surface area contributed by atoms with E-state index in [2.05, 4.69) is 6.92 Å². The Morgan fingerprint density at radius 1 is 1.50 bits per heavy atom. The molecule has 0 amide bonds. The SMILES string of the molecule is CC1CO1.O=C(O)c1ccccc1O. The van der Waals surface area contributed by atoms with Crippen LogP contribution in [0.15, 0.2) is 24.3 Å². The highest BCUT2D eigenvalue weighted by Gasteiger charge is 2.13. The van der Waals surface area contributed by atoms with Crippen molar-refractivity contribution in [1.82, 2.24) is 0 Å². The molecule has 0 aromatic heterocycles. The molecule has 0 bridgehead atoms. The first kappa shape index (κ1) is 10.5. The standard InChI is InChI=1S/C7H6O3.C3H6O/c8-6-4-2-1-3-5(6)7(9)10;1-3-2-4-3/h1-4,8H,(H,9,10);3H,2H2,1H3. The largest absolute Gasteiger partial charge is 0.507 e. The molecule has 1 heterocycles. The van der Waals surface area contributed by atoms with Crippen molar-refractivity contribution in [3.8, 4) is 5.75 Å². The van der Waals surface area contributed by atoms with Crippen molar-refractivity contribution in [3.63, 3.8) is 0 Å². The topological polar surface area (TPSA) is 70.1 Å². The molecule has 76 valence electrons. The van der Waals surface area contributed by atoms with E-state index >= 15 is 0 Å². The molecule has 1 aromatic rings. The van der Waals surface area contributed by atoms with Crippen LogP contribution in [0, 0.1) is 0 Å². The molecule has 1 atom stereocenters. The molecule has 0 radical (unpaired) electrons. The Hall–Kier alpha value is -1.55. The van der Waals surface area contributed by atoms with Crippen LogP contribution in [0.3, 0.4) is 0 Å². The molecule has 1 fully saturated rings. The maximum atomic E-state index is 10.3. The summed E-state index contributed by atoms with van der Waals surface area (Å²) < 4.78 is 4.71. The third kappa shape index (κ3) is 3.45. The summed E-state index contributed by atoms with van der Waals surface area (Å²) in [6, 6.07) is 5.81. The Labute approximate surface area is 81.8 Å². The van der Waals surface area contributed by atoms with E-state index in [0.29, 0.717) is 6.10 Å². The van der Waals surface area contributed by atoms with Gasteiger partial charge in [0.25, 0.3) is 0 Å². The highest BCUT2D eigenvalue weighted by atomic mass is 16.6. The molecule has 14 heavy (non-hydrogen) atoms. The molecule has 4 nitrogen and oxygen atoms in total. The van der Waals surface area contributed by atoms with Crippen LogP contribution in [0.5, 0.6) is 5.75 Å². The van der Waals surface area contributed by atoms with Gasteiger partial charge in [-0.3, -0.25) is 0 Å². The highest BCUT2D eigenvalue weighted by molar-refractivity contribution is 5.90. The fourth-order valence-corrected chi connectivity index (χ4v) is 0.751. The normalized spacial score (nSPS) is 17.9. The number of ether oxygens (including phenoxy) is 1. The van der Waals surface area contributed by atoms with Gasteiger partial charge in [-0.1, -0.05) is 12.1 Å². The van der Waals surface area contributed by atoms with Crippen LogP contribution in [-0.2, 0) is 4.74 Å². The summed E-state index contributed by atoms with van der Waals surface area (Å²) in [5, 5.41) is 17.3. The number of carboxylic acids is 1. The molecule has 1 aromatic carbocycles. The van der Waals surface area contributed by atoms with Crippen molar-refractivity contribution >= 4 is 5.97 Å². The summed E-state index contributed by atoms with van der Waals surface area (Å²) in [7, 11) is 0. The molecule has 2 N–H and O–H groups in total. The minimum atomic E-state index is -1.11. The Bertz CT molecular complexity index is 318. The lowest BCUT2D eigenvalue weighted by Crippen LogP contribution is -1.95. The molecule has 0 aliphatic carbocycles. The van der Waals surface area contributed by atoms with Gasteiger partial charge in [0.1, 0.15) is 11.3 Å². The van der Waals surface area contributed by atoms with Gasteiger partial charge in [0.15, 0.2) is 0 Å². The predicted octanol–water partition coefficient (Wildman–Crippen LogP) is 1.50. The zero-order chi connectivity index (χ0) is 10.6. The summed E-state index contributed by atoms with van der Waals surface area (Å²) >= 11 is 0. The second-order valence-corrected chi connectivity index (χ2v) is 2.97. The number of benzene rings is 1. The Kier molecular flexibility index (Phi) is 3.48. The van der Waals surface area contributed by atoms with Gasteiger partial charge >= 0.3 is 5.97 Å². The molecule has 0 saturated carbocycles. The summed E-state index contributed by atoms with van der Waals surface area (Å²) in [4.78, 5) is 10.3. The monoisotopic (exact) mass is 196 g/mol. The number of hydrogen-bond acceptors (Lipinski definition) is 3. The van der Waals surface area contributed by atoms with Crippen LogP contribution in [0.1, 0.15) is 17.3 Å². The summed E-state index contributed by atoms with van der Waals surface area (Å²) in [6.07, 6.45) is 0.583. The van der Waals surface area contributed by atoms with Crippen molar-refractivity contribution in [2.45, 2.75) is 13.0 Å². The van der Waals surface area contributed by atoms with Gasteiger partial charge in [0.2, 0.25) is 0 Å². The number of aromatic hydroxyl groups is 1. The fourth-order valence-electron chi connectivity index (χ4n) is 0.751. The third-order valence-electron chi connectivity index (χ3n) is 1.63. The quantitative estimate of drug-likeness (QED) is 0.668. The van der Waals surface area contributed by atoms with Crippen LogP contribution in [0.2, 0.25) is 0 Å². The van der Waals surface area contributed by atoms with Crippen molar-refractivity contribution in [2.75, 3.05) is 6.61 Å². The number of aromatic carboxylic acids is 1. The van der Waals surface area contributed by atoms with E-state index in [0.717, 1.165) is 6.61 Å². The van der Waals surface area contributed by atoms with Gasteiger partial charge in [-0.25, -0.2) is 4.79 Å². The van der Waals surface area contributed by atoms with Crippen molar-refractivity contribution < 1.29 is 19.7 Å². The van der Waals surface area contributed by atoms with Crippen LogP contribution in [0.4, 0.5) is 0 Å². The minimum Gasteiger partial charge on any atom is -0.507 e.